The third kappa shape index (κ3) is 25.8. The highest BCUT2D eigenvalue weighted by atomic mass is 35.5. The van der Waals surface area contributed by atoms with Gasteiger partial charge in [0.15, 0.2) is 0 Å². The van der Waals surface area contributed by atoms with Crippen molar-refractivity contribution in [2.24, 2.45) is 0 Å². The van der Waals surface area contributed by atoms with E-state index in [-0.39, 0.29) is 159 Å². The molecule has 14 unspecified atom stereocenters. The van der Waals surface area contributed by atoms with Gasteiger partial charge in [-0.3, -0.25) is 13.7 Å². The molecule has 145 heavy (non-hydrogen) atoms. The van der Waals surface area contributed by atoms with Gasteiger partial charge >= 0.3 is 18.5 Å². The lowest BCUT2D eigenvalue weighted by molar-refractivity contribution is -0.146. The number of fused-ring (bicyclic) bond motifs is 17. The molecule has 16 aliphatic rings. The number of nitrogens with one attached hydrogen (secondary N) is 3. The molecule has 39 nitrogen and oxygen atoms in total. The second-order valence-electron chi connectivity index (χ2n) is 36.8. The first kappa shape index (κ1) is 105. The molecular weight excluding hydrogens is 2040 g/mol. The fourth-order valence-corrected chi connectivity index (χ4v) is 21.3. The molecule has 782 valence electrons. The average Bonchev–Trinajstić information content (AvgIpc) is 1.20. The Bertz CT molecular complexity index is 6010. The van der Waals surface area contributed by atoms with Gasteiger partial charge in [-0.1, -0.05) is 51.3 Å². The van der Waals surface area contributed by atoms with E-state index in [9.17, 15) is 39.5 Å². The maximum Gasteiger partial charge on any atom is 0.450 e. The summed E-state index contributed by atoms with van der Waals surface area (Å²) in [7, 11) is 0. The topological polar surface area (TPSA) is 385 Å². The minimum Gasteiger partial charge on any atom is -0.379 e. The molecule has 27 rings (SSSR count). The second-order valence-corrected chi connectivity index (χ2v) is 38.8. The van der Waals surface area contributed by atoms with Gasteiger partial charge in [-0.2, -0.15) is 114 Å². The van der Waals surface area contributed by atoms with Crippen LogP contribution in [-0.2, 0) is 61.2 Å². The summed E-state index contributed by atoms with van der Waals surface area (Å²) in [5, 5.41) is 9.89. The zero-order valence-electron chi connectivity index (χ0n) is 76.9. The molecule has 8 aromatic heterocycles. The van der Waals surface area contributed by atoms with E-state index in [0.717, 1.165) is 143 Å². The van der Waals surface area contributed by atoms with Crippen LogP contribution >= 0.6 is 69.6 Å². The third-order valence-electron chi connectivity index (χ3n) is 26.6. The standard InChI is InChI=1S/C23H24F3N7O2.C21H22F3N7O2.C17H14ClF3N6O.C9H10Cl2N4O.2C6H11NO.C4H9NO.C3Cl3N3.2CH4/c24-23(25,26)19-27-17-3-1-2-4-18(17)33(19)22-29-20(31-9-13-5-6-14(10-31)34-13)28-21(30-22)32-11-15-7-8-16(12-32)35-15;22-21(23,24)17-25-15-3-1-2-4-16(15)31(17)20-27-18(29-7-9-32-10-8-29)26-19(28-20)30-11-13-5-6-14(12-30)33-13;18-14-23-15(26-7-9-5-6-10(8-26)28-9)25-16(24-14)27-12-4-2-1-3-11(12)22-13(27)17(19,20)21;10-7-12-8(11)14-9(13-7)15-3-5-1-2-6(4-15)16-5;2*1-2-6-4-7-3-5(1)8-6;1-3-6-4-2-5-1;4-1-7-2(5)9-3(6)8-1;;/h1-4,13-16H,5-12H2;1-4,13-14H,5-12H2;1-4,9-10H,5-8H2;5-6H,1-4H2;2*5-7H,1-4H2;5H,1-4H2;;2*1H4. The number of rotatable bonds is 9. The van der Waals surface area contributed by atoms with Gasteiger partial charge in [0.1, 0.15) is 0 Å². The summed E-state index contributed by atoms with van der Waals surface area (Å²) in [6, 6.07) is 19.3. The van der Waals surface area contributed by atoms with Crippen molar-refractivity contribution in [1.82, 2.24) is 119 Å². The van der Waals surface area contributed by atoms with Crippen molar-refractivity contribution < 1.29 is 82.1 Å². The monoisotopic (exact) mass is 2150 g/mol. The van der Waals surface area contributed by atoms with Crippen molar-refractivity contribution in [3.8, 4) is 17.8 Å². The number of anilines is 6. The maximum absolute atomic E-state index is 14.1. The number of ether oxygens (including phenoxy) is 9. The molecule has 0 spiro atoms. The molecule has 16 aliphatic heterocycles. The lowest BCUT2D eigenvalue weighted by Gasteiger charge is -2.34. The van der Waals surface area contributed by atoms with E-state index < -0.39 is 36.0 Å². The van der Waals surface area contributed by atoms with E-state index in [0.29, 0.717) is 138 Å². The van der Waals surface area contributed by atoms with Crippen LogP contribution in [0, 0.1) is 0 Å². The van der Waals surface area contributed by atoms with Gasteiger partial charge in [0.2, 0.25) is 103 Å². The Morgan fingerprint density at radius 1 is 0.241 bits per heavy atom. The number of aromatic nitrogens is 21. The second kappa shape index (κ2) is 46.3. The van der Waals surface area contributed by atoms with Gasteiger partial charge in [0.05, 0.1) is 145 Å². The lowest BCUT2D eigenvalue weighted by atomic mass is 10.2. The summed E-state index contributed by atoms with van der Waals surface area (Å²) in [6.07, 6.45) is 4.30. The number of hydrogen-bond donors (Lipinski definition) is 3. The van der Waals surface area contributed by atoms with Gasteiger partial charge in [0, 0.05) is 118 Å². The molecule has 3 aromatic carbocycles. The molecule has 0 amide bonds. The molecule has 24 heterocycles. The number of hydrogen-bond acceptors (Lipinski definition) is 36. The van der Waals surface area contributed by atoms with Gasteiger partial charge in [-0.05, 0) is 196 Å². The molecule has 0 saturated carbocycles. The molecule has 16 saturated heterocycles. The van der Waals surface area contributed by atoms with Crippen LogP contribution in [0.4, 0.5) is 75.2 Å². The minimum atomic E-state index is -4.68. The number of benzene rings is 3. The first-order chi connectivity index (χ1) is 69.0. The average molecular weight is 2150 g/mol. The molecule has 14 atom stereocenters. The van der Waals surface area contributed by atoms with Crippen LogP contribution in [0.15, 0.2) is 72.8 Å². The number of morpholine rings is 9. The molecule has 16 fully saturated rings. The number of imidazole rings is 3. The summed E-state index contributed by atoms with van der Waals surface area (Å²) in [5.41, 5.74) is 1.48. The quantitative estimate of drug-likeness (QED) is 0.113. The molecule has 14 bridgehead atoms. The zero-order chi connectivity index (χ0) is 98.8. The van der Waals surface area contributed by atoms with Crippen LogP contribution in [0.2, 0.25) is 31.7 Å². The van der Waals surface area contributed by atoms with Crippen LogP contribution in [-0.4, -0.2) is 333 Å². The van der Waals surface area contributed by atoms with E-state index in [2.05, 4.69) is 106 Å². The number of halogens is 15. The van der Waals surface area contributed by atoms with Crippen molar-refractivity contribution >= 4 is 138 Å². The highest BCUT2D eigenvalue weighted by Gasteiger charge is 2.47. The van der Waals surface area contributed by atoms with Gasteiger partial charge in [0.25, 0.3) is 0 Å². The Morgan fingerprint density at radius 3 is 0.703 bits per heavy atom. The Hall–Kier alpha value is -9.45. The Labute approximate surface area is 857 Å². The number of para-hydroxylation sites is 6. The van der Waals surface area contributed by atoms with E-state index in [1.54, 1.807) is 60.7 Å². The predicted octanol–water partition coefficient (Wildman–Crippen LogP) is 13.2. The number of nitrogens with zero attached hydrogens (tertiary/aromatic N) is 27. The summed E-state index contributed by atoms with van der Waals surface area (Å²) in [4.78, 5) is 85.6. The maximum atomic E-state index is 14.1. The molecule has 54 heteroatoms. The highest BCUT2D eigenvalue weighted by Crippen LogP contribution is 2.42. The molecule has 11 aromatic rings. The summed E-state index contributed by atoms with van der Waals surface area (Å²) < 4.78 is 179. The largest absolute Gasteiger partial charge is 0.450 e. The Kier molecular flexibility index (Phi) is 33.7. The Balaban J connectivity index is 0.000000116. The molecule has 0 aliphatic carbocycles. The SMILES string of the molecule is C.C.C1CC2CNCC1O2.C1CC2CNCC1O2.C1COCCN1.Clc1nc(Cl)nc(Cl)n1.Clc1nc(Cl)nc(N2CC3CCC(C2)O3)n1.FC(F)(F)c1nc2ccccc2n1-c1nc(Cl)nc(N2CC3CCC(C2)O3)n1.FC(F)(F)c1nc2ccccc2n1-c1nc(N2CC3CCC(C2)O3)nc(N2CC3CCC(C2)O3)n1.FC(F)(F)c1nc2ccccc2n1-c1nc(N2CCOCC2)nc(N2CC3CCC(C2)O3)n1. The van der Waals surface area contributed by atoms with Crippen LogP contribution in [0.1, 0.15) is 122 Å². The van der Waals surface area contributed by atoms with E-state index in [1.165, 1.54) is 37.8 Å². The smallest absolute Gasteiger partial charge is 0.379 e. The highest BCUT2D eigenvalue weighted by molar-refractivity contribution is 6.33. The van der Waals surface area contributed by atoms with Crippen LogP contribution in [0.5, 0.6) is 0 Å². The van der Waals surface area contributed by atoms with Crippen molar-refractivity contribution in [3.05, 3.63) is 122 Å². The van der Waals surface area contributed by atoms with E-state index >= 15 is 0 Å². The lowest BCUT2D eigenvalue weighted by Crippen LogP contribution is -2.45. The number of alkyl halides is 9. The summed E-state index contributed by atoms with van der Waals surface area (Å²) in [6.45, 7) is 16.6. The Morgan fingerprint density at radius 2 is 0.448 bits per heavy atom. The summed E-state index contributed by atoms with van der Waals surface area (Å²) >= 11 is 33.5. The van der Waals surface area contributed by atoms with Crippen LogP contribution < -0.4 is 45.3 Å². The molecule has 3 N–H and O–H groups in total. The van der Waals surface area contributed by atoms with Crippen LogP contribution in [0.3, 0.4) is 0 Å². The molecular formula is C91H109Cl6F9N30O9. The summed E-state index contributed by atoms with van der Waals surface area (Å²) in [5.74, 6) is -1.39. The predicted molar refractivity (Wildman–Crippen MR) is 520 cm³/mol. The van der Waals surface area contributed by atoms with Crippen molar-refractivity contribution in [3.63, 3.8) is 0 Å². The first-order valence-electron chi connectivity index (χ1n) is 47.8. The van der Waals surface area contributed by atoms with Crippen molar-refractivity contribution in [2.45, 2.75) is 209 Å². The van der Waals surface area contributed by atoms with Crippen molar-refractivity contribution in [1.29, 1.82) is 0 Å². The van der Waals surface area contributed by atoms with Gasteiger partial charge < -0.3 is 88.0 Å². The third-order valence-corrected chi connectivity index (χ3v) is 27.6. The van der Waals surface area contributed by atoms with E-state index in [4.69, 9.17) is 117 Å². The first-order valence-corrected chi connectivity index (χ1v) is 50.0. The van der Waals surface area contributed by atoms with Crippen LogP contribution in [0.25, 0.3) is 50.9 Å². The molecule has 0 radical (unpaired) electrons. The fourth-order valence-electron chi connectivity index (χ4n) is 20.2. The van der Waals surface area contributed by atoms with Crippen molar-refractivity contribution in [2.75, 3.05) is 174 Å². The normalized spacial score (nSPS) is 26.2. The minimum absolute atomic E-state index is 0. The van der Waals surface area contributed by atoms with Gasteiger partial charge in [-0.25, -0.2) is 15.0 Å². The van der Waals surface area contributed by atoms with Gasteiger partial charge in [-0.15, -0.1) is 0 Å². The fraction of sp³-hybridized carbons (Fsp3) is 0.604. The zero-order valence-corrected chi connectivity index (χ0v) is 81.4. The van der Waals surface area contributed by atoms with E-state index in [1.807, 2.05) is 24.5 Å².